The lowest BCUT2D eigenvalue weighted by molar-refractivity contribution is 0.883. The van der Waals surface area contributed by atoms with Crippen LogP contribution in [0, 0.1) is 13.8 Å². The molecule has 5 aromatic rings. The van der Waals surface area contributed by atoms with E-state index in [0.717, 1.165) is 38.9 Å². The molecule has 0 fully saturated rings. The van der Waals surface area contributed by atoms with Gasteiger partial charge in [-0.2, -0.15) is 0 Å². The summed E-state index contributed by atoms with van der Waals surface area (Å²) in [5, 5.41) is 10.3. The van der Waals surface area contributed by atoms with Gasteiger partial charge in [0.1, 0.15) is 5.82 Å². The van der Waals surface area contributed by atoms with Crippen LogP contribution in [0.3, 0.4) is 0 Å². The van der Waals surface area contributed by atoms with Crippen LogP contribution in [-0.2, 0) is 5.75 Å². The van der Waals surface area contributed by atoms with Gasteiger partial charge in [0.15, 0.2) is 11.0 Å². The normalized spacial score (nSPS) is 11.2. The zero-order valence-corrected chi connectivity index (χ0v) is 18.6. The van der Waals surface area contributed by atoms with Gasteiger partial charge in [0.05, 0.1) is 16.7 Å². The maximum Gasteiger partial charge on any atom is 0.258 e. The first-order chi connectivity index (χ1) is 15.6. The van der Waals surface area contributed by atoms with E-state index in [4.69, 9.17) is 4.98 Å². The van der Waals surface area contributed by atoms with Gasteiger partial charge in [0.2, 0.25) is 0 Å². The molecule has 0 aliphatic rings. The van der Waals surface area contributed by atoms with E-state index in [9.17, 15) is 4.79 Å². The summed E-state index contributed by atoms with van der Waals surface area (Å²) in [5.41, 5.74) is 4.73. The number of thioether (sulfide) groups is 1. The summed E-state index contributed by atoms with van der Waals surface area (Å²) in [7, 11) is 0. The average Bonchev–Trinajstić information content (AvgIpc) is 3.23. The quantitative estimate of drug-likeness (QED) is 0.387. The summed E-state index contributed by atoms with van der Waals surface area (Å²) in [6.07, 6.45) is 0. The SMILES string of the molecule is Cc1cccc(-c2nnc(SCc3nc4c(C)cccc4c(=O)[nH]3)n2-c2ccccc2)c1. The van der Waals surface area contributed by atoms with E-state index in [0.29, 0.717) is 17.0 Å². The van der Waals surface area contributed by atoms with Gasteiger partial charge in [0, 0.05) is 11.3 Å². The minimum absolute atomic E-state index is 0.126. The summed E-state index contributed by atoms with van der Waals surface area (Å²) < 4.78 is 2.05. The van der Waals surface area contributed by atoms with Gasteiger partial charge in [0.25, 0.3) is 5.56 Å². The van der Waals surface area contributed by atoms with E-state index in [1.807, 2.05) is 66.1 Å². The summed E-state index contributed by atoms with van der Waals surface area (Å²) in [4.78, 5) is 20.1. The Kier molecular flexibility index (Phi) is 5.33. The fourth-order valence-corrected chi connectivity index (χ4v) is 4.52. The van der Waals surface area contributed by atoms with Crippen LogP contribution in [0.5, 0.6) is 0 Å². The Hall–Kier alpha value is -3.71. The van der Waals surface area contributed by atoms with Crippen LogP contribution >= 0.6 is 11.8 Å². The molecular formula is C25H21N5OS. The maximum absolute atomic E-state index is 12.5. The topological polar surface area (TPSA) is 76.5 Å². The Labute approximate surface area is 189 Å². The minimum Gasteiger partial charge on any atom is -0.309 e. The van der Waals surface area contributed by atoms with Crippen LogP contribution in [0.15, 0.2) is 82.7 Å². The molecule has 0 aliphatic carbocycles. The number of hydrogen-bond acceptors (Lipinski definition) is 5. The van der Waals surface area contributed by atoms with Gasteiger partial charge in [-0.25, -0.2) is 4.98 Å². The van der Waals surface area contributed by atoms with Crippen molar-refractivity contribution in [2.45, 2.75) is 24.8 Å². The van der Waals surface area contributed by atoms with Gasteiger partial charge < -0.3 is 4.98 Å². The summed E-state index contributed by atoms with van der Waals surface area (Å²) in [6, 6.07) is 23.9. The first-order valence-corrected chi connectivity index (χ1v) is 11.3. The number of H-pyrrole nitrogens is 1. The minimum atomic E-state index is -0.126. The van der Waals surface area contributed by atoms with Crippen LogP contribution in [0.2, 0.25) is 0 Å². The molecule has 158 valence electrons. The first kappa shape index (κ1) is 20.2. The van der Waals surface area contributed by atoms with Gasteiger partial charge >= 0.3 is 0 Å². The smallest absolute Gasteiger partial charge is 0.258 e. The fourth-order valence-electron chi connectivity index (χ4n) is 3.70. The molecule has 0 aliphatic heterocycles. The molecule has 0 unspecified atom stereocenters. The Morgan fingerprint density at radius 2 is 1.75 bits per heavy atom. The second-order valence-electron chi connectivity index (χ2n) is 7.62. The number of rotatable bonds is 5. The monoisotopic (exact) mass is 439 g/mol. The standard InChI is InChI=1S/C25H21N5OS/c1-16-8-6-10-18(14-16)23-28-29-25(30(23)19-11-4-3-5-12-19)32-15-21-26-22-17(2)9-7-13-20(22)24(31)27-21/h3-14H,15H2,1-2H3,(H,26,27,31). The lowest BCUT2D eigenvalue weighted by Crippen LogP contribution is -2.12. The molecule has 0 saturated carbocycles. The van der Waals surface area contributed by atoms with Crippen molar-refractivity contribution in [3.63, 3.8) is 0 Å². The van der Waals surface area contributed by atoms with E-state index in [1.165, 1.54) is 11.8 Å². The summed E-state index contributed by atoms with van der Waals surface area (Å²) in [5.74, 6) is 1.86. The number of aryl methyl sites for hydroxylation is 2. The number of nitrogens with zero attached hydrogens (tertiary/aromatic N) is 4. The van der Waals surface area contributed by atoms with E-state index in [1.54, 1.807) is 6.07 Å². The fraction of sp³-hybridized carbons (Fsp3) is 0.120. The molecule has 5 rings (SSSR count). The Morgan fingerprint density at radius 3 is 2.56 bits per heavy atom. The molecule has 2 aromatic heterocycles. The summed E-state index contributed by atoms with van der Waals surface area (Å²) in [6.45, 7) is 4.03. The Morgan fingerprint density at radius 1 is 0.938 bits per heavy atom. The lowest BCUT2D eigenvalue weighted by atomic mass is 10.1. The molecule has 7 heteroatoms. The van der Waals surface area contributed by atoms with E-state index in [-0.39, 0.29) is 5.56 Å². The number of benzene rings is 3. The van der Waals surface area contributed by atoms with Gasteiger partial charge in [-0.1, -0.05) is 65.9 Å². The van der Waals surface area contributed by atoms with E-state index in [2.05, 4.69) is 34.2 Å². The predicted molar refractivity (Wildman–Crippen MR) is 128 cm³/mol. The maximum atomic E-state index is 12.5. The average molecular weight is 440 g/mol. The van der Waals surface area contributed by atoms with Crippen LogP contribution in [-0.4, -0.2) is 24.7 Å². The number of fused-ring (bicyclic) bond motifs is 1. The highest BCUT2D eigenvalue weighted by Gasteiger charge is 2.17. The third kappa shape index (κ3) is 3.83. The third-order valence-electron chi connectivity index (χ3n) is 5.25. The zero-order valence-electron chi connectivity index (χ0n) is 17.7. The molecule has 2 heterocycles. The highest BCUT2D eigenvalue weighted by atomic mass is 32.2. The lowest BCUT2D eigenvalue weighted by Gasteiger charge is -2.11. The molecular weight excluding hydrogens is 418 g/mol. The number of aromatic amines is 1. The van der Waals surface area contributed by atoms with E-state index >= 15 is 0 Å². The highest BCUT2D eigenvalue weighted by molar-refractivity contribution is 7.98. The van der Waals surface area contributed by atoms with Gasteiger partial charge in [-0.05, 0) is 43.7 Å². The van der Waals surface area contributed by atoms with Crippen LogP contribution in [0.25, 0.3) is 28.0 Å². The Balaban J connectivity index is 1.54. The van der Waals surface area contributed by atoms with Crippen molar-refractivity contribution in [1.82, 2.24) is 24.7 Å². The number of hydrogen-bond donors (Lipinski definition) is 1. The van der Waals surface area contributed by atoms with Crippen LogP contribution < -0.4 is 5.56 Å². The largest absolute Gasteiger partial charge is 0.309 e. The van der Waals surface area contributed by atoms with Gasteiger partial charge in [-0.3, -0.25) is 9.36 Å². The van der Waals surface area contributed by atoms with Crippen LogP contribution in [0.1, 0.15) is 17.0 Å². The molecule has 1 N–H and O–H groups in total. The third-order valence-corrected chi connectivity index (χ3v) is 6.19. The summed E-state index contributed by atoms with van der Waals surface area (Å²) >= 11 is 1.49. The molecule has 0 atom stereocenters. The second kappa shape index (κ2) is 8.43. The molecule has 0 spiro atoms. The van der Waals surface area contributed by atoms with Crippen molar-refractivity contribution in [3.8, 4) is 17.1 Å². The highest BCUT2D eigenvalue weighted by Crippen LogP contribution is 2.29. The molecule has 0 bridgehead atoms. The Bertz CT molecular complexity index is 1470. The molecule has 0 amide bonds. The second-order valence-corrected chi connectivity index (χ2v) is 8.56. The number of nitrogens with one attached hydrogen (secondary N) is 1. The first-order valence-electron chi connectivity index (χ1n) is 10.3. The molecule has 0 radical (unpaired) electrons. The van der Waals surface area contributed by atoms with Crippen molar-refractivity contribution in [1.29, 1.82) is 0 Å². The van der Waals surface area contributed by atoms with Crippen molar-refractivity contribution in [3.05, 3.63) is 100 Å². The predicted octanol–water partition coefficient (Wildman–Crippen LogP) is 5.08. The molecule has 32 heavy (non-hydrogen) atoms. The van der Waals surface area contributed by atoms with E-state index < -0.39 is 0 Å². The van der Waals surface area contributed by atoms with Crippen molar-refractivity contribution >= 4 is 22.7 Å². The zero-order chi connectivity index (χ0) is 22.1. The van der Waals surface area contributed by atoms with Crippen LogP contribution in [0.4, 0.5) is 0 Å². The number of aromatic nitrogens is 5. The van der Waals surface area contributed by atoms with Gasteiger partial charge in [-0.15, -0.1) is 10.2 Å². The van der Waals surface area contributed by atoms with Crippen molar-refractivity contribution in [2.75, 3.05) is 0 Å². The van der Waals surface area contributed by atoms with Crippen molar-refractivity contribution in [2.24, 2.45) is 0 Å². The molecule has 6 nitrogen and oxygen atoms in total. The molecule has 0 saturated heterocycles. The molecule has 3 aromatic carbocycles. The van der Waals surface area contributed by atoms with Crippen molar-refractivity contribution < 1.29 is 0 Å². The number of para-hydroxylation sites is 2.